The number of rotatable bonds is 1. The van der Waals surface area contributed by atoms with E-state index in [1.165, 1.54) is 0 Å². The Hall–Kier alpha value is -0.0500. The third-order valence-electron chi connectivity index (χ3n) is 2.05. The van der Waals surface area contributed by atoms with Crippen LogP contribution in [0.15, 0.2) is 0 Å². The molecule has 0 spiro atoms. The molecule has 1 unspecified atom stereocenters. The van der Waals surface area contributed by atoms with Crippen molar-refractivity contribution in [1.82, 2.24) is 5.32 Å². The topological polar surface area (TPSA) is 29.1 Å². The van der Waals surface area contributed by atoms with Gasteiger partial charge in [-0.05, 0) is 5.41 Å². The molecule has 0 aromatic rings. The van der Waals surface area contributed by atoms with Crippen LogP contribution < -0.4 is 5.32 Å². The van der Waals surface area contributed by atoms with Crippen LogP contribution in [0.5, 0.6) is 0 Å². The summed E-state index contributed by atoms with van der Waals surface area (Å²) < 4.78 is 0. The van der Waals surface area contributed by atoms with Gasteiger partial charge in [0.1, 0.15) is 0 Å². The molecule has 1 aliphatic rings. The van der Waals surface area contributed by atoms with E-state index < -0.39 is 0 Å². The van der Waals surface area contributed by atoms with Gasteiger partial charge < -0.3 is 5.32 Å². The fourth-order valence-electron chi connectivity index (χ4n) is 1.23. The summed E-state index contributed by atoms with van der Waals surface area (Å²) in [6, 6.07) is 0.306. The Kier molecular flexibility index (Phi) is 2.04. The van der Waals surface area contributed by atoms with Gasteiger partial charge in [-0.15, -0.1) is 0 Å². The van der Waals surface area contributed by atoms with Gasteiger partial charge in [0, 0.05) is 17.8 Å². The summed E-state index contributed by atoms with van der Waals surface area (Å²) >= 11 is 3.36. The number of nitrogens with one attached hydrogen (secondary N) is 1. The quantitative estimate of drug-likeness (QED) is 0.643. The lowest BCUT2D eigenvalue weighted by Crippen LogP contribution is -2.34. The molecule has 0 bridgehead atoms. The smallest absolute Gasteiger partial charge is 0.220 e. The fraction of sp³-hybridized carbons (Fsp3) is 0.857. The Morgan fingerprint density at radius 1 is 1.80 bits per heavy atom. The van der Waals surface area contributed by atoms with Crippen molar-refractivity contribution in [3.05, 3.63) is 0 Å². The minimum Gasteiger partial charge on any atom is -0.352 e. The van der Waals surface area contributed by atoms with Crippen molar-refractivity contribution < 1.29 is 4.79 Å². The maximum Gasteiger partial charge on any atom is 0.220 e. The van der Waals surface area contributed by atoms with Crippen molar-refractivity contribution in [1.29, 1.82) is 0 Å². The monoisotopic (exact) mass is 205 g/mol. The summed E-state index contributed by atoms with van der Waals surface area (Å²) in [7, 11) is 0. The molecule has 10 heavy (non-hydrogen) atoms. The van der Waals surface area contributed by atoms with Crippen LogP contribution in [0.1, 0.15) is 20.3 Å². The zero-order valence-corrected chi connectivity index (χ0v) is 7.86. The number of hydrogen-bond acceptors (Lipinski definition) is 1. The Bertz CT molecular complexity index is 156. The predicted molar refractivity (Wildman–Crippen MR) is 44.1 cm³/mol. The molecule has 1 fully saturated rings. The van der Waals surface area contributed by atoms with Gasteiger partial charge in [0.25, 0.3) is 0 Å². The Morgan fingerprint density at radius 3 is 2.60 bits per heavy atom. The minimum absolute atomic E-state index is 0.126. The molecule has 3 heteroatoms. The molecule has 0 aromatic carbocycles. The maximum atomic E-state index is 10.9. The summed E-state index contributed by atoms with van der Waals surface area (Å²) in [4.78, 5) is 10.9. The zero-order chi connectivity index (χ0) is 7.78. The molecule has 0 radical (unpaired) electrons. The lowest BCUT2D eigenvalue weighted by molar-refractivity contribution is -0.119. The van der Waals surface area contributed by atoms with E-state index in [0.29, 0.717) is 12.5 Å². The first-order valence-electron chi connectivity index (χ1n) is 3.41. The standard InChI is InChI=1S/C7H12BrNO/c1-7(2)3-6(10)9-5(7)4-8/h5H,3-4H2,1-2H3,(H,9,10). The van der Waals surface area contributed by atoms with E-state index in [1.807, 2.05) is 0 Å². The van der Waals surface area contributed by atoms with Gasteiger partial charge in [-0.2, -0.15) is 0 Å². The molecule has 1 aliphatic heterocycles. The van der Waals surface area contributed by atoms with Crippen LogP contribution in [0.25, 0.3) is 0 Å². The largest absolute Gasteiger partial charge is 0.352 e. The van der Waals surface area contributed by atoms with Crippen LogP contribution in [-0.2, 0) is 4.79 Å². The van der Waals surface area contributed by atoms with Crippen LogP contribution >= 0.6 is 15.9 Å². The number of hydrogen-bond donors (Lipinski definition) is 1. The van der Waals surface area contributed by atoms with Crippen molar-refractivity contribution in [3.8, 4) is 0 Å². The molecule has 0 aromatic heterocycles. The second-order valence-corrected chi connectivity index (χ2v) is 4.09. The number of alkyl halides is 1. The highest BCUT2D eigenvalue weighted by molar-refractivity contribution is 9.09. The zero-order valence-electron chi connectivity index (χ0n) is 6.28. The van der Waals surface area contributed by atoms with Gasteiger partial charge in [0.2, 0.25) is 5.91 Å². The molecule has 0 saturated carbocycles. The SMILES string of the molecule is CC1(C)CC(=O)NC1CBr. The predicted octanol–water partition coefficient (Wildman–Crippen LogP) is 1.30. The number of halogens is 1. The summed E-state index contributed by atoms with van der Waals surface area (Å²) in [5, 5.41) is 3.76. The van der Waals surface area contributed by atoms with Crippen LogP contribution in [0, 0.1) is 5.41 Å². The van der Waals surface area contributed by atoms with Gasteiger partial charge in [0.05, 0.1) is 0 Å². The van der Waals surface area contributed by atoms with Crippen LogP contribution in [0.2, 0.25) is 0 Å². The molecular formula is C7H12BrNO. The van der Waals surface area contributed by atoms with Crippen LogP contribution in [-0.4, -0.2) is 17.3 Å². The molecule has 1 saturated heterocycles. The Labute approximate surface area is 69.5 Å². The second kappa shape index (κ2) is 2.53. The third kappa shape index (κ3) is 1.34. The van der Waals surface area contributed by atoms with E-state index in [4.69, 9.17) is 0 Å². The normalized spacial score (nSPS) is 30.3. The first kappa shape index (κ1) is 8.05. The number of carbonyl (C=O) groups excluding carboxylic acids is 1. The highest BCUT2D eigenvalue weighted by Crippen LogP contribution is 2.31. The van der Waals surface area contributed by atoms with Gasteiger partial charge in [-0.3, -0.25) is 4.79 Å². The van der Waals surface area contributed by atoms with Crippen molar-refractivity contribution in [3.63, 3.8) is 0 Å². The highest BCUT2D eigenvalue weighted by Gasteiger charge is 2.38. The minimum atomic E-state index is 0.126. The van der Waals surface area contributed by atoms with Gasteiger partial charge in [0.15, 0.2) is 0 Å². The molecule has 1 N–H and O–H groups in total. The third-order valence-corrected chi connectivity index (χ3v) is 2.70. The Morgan fingerprint density at radius 2 is 2.40 bits per heavy atom. The van der Waals surface area contributed by atoms with E-state index in [9.17, 15) is 4.79 Å². The van der Waals surface area contributed by atoms with E-state index in [-0.39, 0.29) is 11.3 Å². The molecule has 0 aliphatic carbocycles. The summed E-state index contributed by atoms with van der Waals surface area (Å²) in [6.07, 6.45) is 0.656. The summed E-state index contributed by atoms with van der Waals surface area (Å²) in [6.45, 7) is 4.22. The van der Waals surface area contributed by atoms with Gasteiger partial charge >= 0.3 is 0 Å². The lowest BCUT2D eigenvalue weighted by atomic mass is 9.86. The summed E-state index contributed by atoms with van der Waals surface area (Å²) in [5.74, 6) is 0.175. The van der Waals surface area contributed by atoms with E-state index in [2.05, 4.69) is 35.1 Å². The molecule has 1 atom stereocenters. The van der Waals surface area contributed by atoms with Crippen LogP contribution in [0.4, 0.5) is 0 Å². The maximum absolute atomic E-state index is 10.9. The van der Waals surface area contributed by atoms with Crippen LogP contribution in [0.3, 0.4) is 0 Å². The second-order valence-electron chi connectivity index (χ2n) is 3.44. The summed E-state index contributed by atoms with van der Waals surface area (Å²) in [5.41, 5.74) is 0.126. The molecule has 1 amide bonds. The van der Waals surface area contributed by atoms with Crippen molar-refractivity contribution in [2.45, 2.75) is 26.3 Å². The van der Waals surface area contributed by atoms with E-state index >= 15 is 0 Å². The van der Waals surface area contributed by atoms with Crippen molar-refractivity contribution >= 4 is 21.8 Å². The highest BCUT2D eigenvalue weighted by atomic mass is 79.9. The number of amides is 1. The van der Waals surface area contributed by atoms with Gasteiger partial charge in [-0.25, -0.2) is 0 Å². The molecule has 1 heterocycles. The van der Waals surface area contributed by atoms with E-state index in [1.54, 1.807) is 0 Å². The van der Waals surface area contributed by atoms with E-state index in [0.717, 1.165) is 5.33 Å². The first-order valence-corrected chi connectivity index (χ1v) is 4.54. The molecule has 1 rings (SSSR count). The van der Waals surface area contributed by atoms with Crippen molar-refractivity contribution in [2.75, 3.05) is 5.33 Å². The van der Waals surface area contributed by atoms with Gasteiger partial charge in [-0.1, -0.05) is 29.8 Å². The average molecular weight is 206 g/mol. The van der Waals surface area contributed by atoms with Crippen molar-refractivity contribution in [2.24, 2.45) is 5.41 Å². The molecule has 58 valence electrons. The number of carbonyl (C=O) groups is 1. The average Bonchev–Trinajstić information content (AvgIpc) is 2.04. The fourth-order valence-corrected chi connectivity index (χ4v) is 2.26. The molecule has 2 nitrogen and oxygen atoms in total. The lowest BCUT2D eigenvalue weighted by Gasteiger charge is -2.22. The molecular weight excluding hydrogens is 194 g/mol. The first-order chi connectivity index (χ1) is 4.56. The Balaban J connectivity index is 2.67.